The molecule has 0 amide bonds. The van der Waals surface area contributed by atoms with E-state index in [0.717, 1.165) is 6.42 Å². The summed E-state index contributed by atoms with van der Waals surface area (Å²) in [5.41, 5.74) is 1.23. The van der Waals surface area contributed by atoms with Gasteiger partial charge in [-0.3, -0.25) is 0 Å². The van der Waals surface area contributed by atoms with Gasteiger partial charge in [-0.25, -0.2) is 4.39 Å². The molecule has 1 rings (SSSR count). The van der Waals surface area contributed by atoms with Crippen LogP contribution in [0.25, 0.3) is 0 Å². The summed E-state index contributed by atoms with van der Waals surface area (Å²) in [6.07, 6.45) is 2.23. The molecule has 0 bridgehead atoms. The Morgan fingerprint density at radius 3 is 2.33 bits per heavy atom. The Hall–Kier alpha value is -0.850. The normalized spacial score (nSPS) is 12.9. The molecule has 1 unspecified atom stereocenters. The van der Waals surface area contributed by atoms with E-state index in [1.807, 2.05) is 12.1 Å². The van der Waals surface area contributed by atoms with Gasteiger partial charge in [-0.1, -0.05) is 32.4 Å². The van der Waals surface area contributed by atoms with Crippen LogP contribution in [0.15, 0.2) is 24.3 Å². The quantitative estimate of drug-likeness (QED) is 0.645. The smallest absolute Gasteiger partial charge is 0.123 e. The zero-order valence-electron chi connectivity index (χ0n) is 7.68. The highest BCUT2D eigenvalue weighted by molar-refractivity contribution is 5.16. The van der Waals surface area contributed by atoms with Gasteiger partial charge < -0.3 is 0 Å². The van der Waals surface area contributed by atoms with Gasteiger partial charge in [-0.05, 0) is 30.0 Å². The third kappa shape index (κ3) is 2.65. The number of hydrogen-bond donors (Lipinski definition) is 0. The molecule has 0 aromatic heterocycles. The van der Waals surface area contributed by atoms with Gasteiger partial charge in [-0.2, -0.15) is 0 Å². The van der Waals surface area contributed by atoms with Crippen LogP contribution in [0.4, 0.5) is 4.39 Å². The molecule has 66 valence electrons. The minimum absolute atomic E-state index is 0.150. The van der Waals surface area contributed by atoms with Gasteiger partial charge in [0.05, 0.1) is 0 Å². The first-order valence-electron chi connectivity index (χ1n) is 4.46. The van der Waals surface area contributed by atoms with Crippen LogP contribution in [0.5, 0.6) is 0 Å². The van der Waals surface area contributed by atoms with E-state index in [2.05, 4.69) is 13.8 Å². The number of rotatable bonds is 3. The molecule has 0 radical (unpaired) electrons. The standard InChI is InChI=1S/C11H15F/c1-3-9(2)8-10-4-6-11(12)7-5-10/h4-7,9H,3,8H2,1-2H3. The molecule has 1 heteroatoms. The van der Waals surface area contributed by atoms with E-state index in [0.29, 0.717) is 5.92 Å². The highest BCUT2D eigenvalue weighted by atomic mass is 19.1. The van der Waals surface area contributed by atoms with E-state index in [9.17, 15) is 4.39 Å². The summed E-state index contributed by atoms with van der Waals surface area (Å²) < 4.78 is 12.5. The van der Waals surface area contributed by atoms with Crippen molar-refractivity contribution in [2.75, 3.05) is 0 Å². The van der Waals surface area contributed by atoms with Crippen LogP contribution in [0.3, 0.4) is 0 Å². The molecule has 0 aliphatic carbocycles. The van der Waals surface area contributed by atoms with E-state index < -0.39 is 0 Å². The van der Waals surface area contributed by atoms with Crippen molar-refractivity contribution >= 4 is 0 Å². The lowest BCUT2D eigenvalue weighted by molar-refractivity contribution is 0.558. The van der Waals surface area contributed by atoms with E-state index >= 15 is 0 Å². The van der Waals surface area contributed by atoms with Gasteiger partial charge in [0.25, 0.3) is 0 Å². The summed E-state index contributed by atoms with van der Waals surface area (Å²) in [7, 11) is 0. The Balaban J connectivity index is 2.58. The second-order valence-corrected chi connectivity index (χ2v) is 3.34. The Labute approximate surface area is 73.4 Å². The molecule has 0 aliphatic heterocycles. The van der Waals surface area contributed by atoms with Crippen LogP contribution in [0, 0.1) is 11.7 Å². The minimum Gasteiger partial charge on any atom is -0.207 e. The van der Waals surface area contributed by atoms with E-state index in [-0.39, 0.29) is 5.82 Å². The van der Waals surface area contributed by atoms with Crippen molar-refractivity contribution in [3.8, 4) is 0 Å². The first-order valence-corrected chi connectivity index (χ1v) is 4.46. The van der Waals surface area contributed by atoms with Crippen molar-refractivity contribution < 1.29 is 4.39 Å². The molecule has 0 heterocycles. The van der Waals surface area contributed by atoms with Crippen LogP contribution in [-0.2, 0) is 6.42 Å². The lowest BCUT2D eigenvalue weighted by atomic mass is 9.99. The Kier molecular flexibility index (Phi) is 3.27. The van der Waals surface area contributed by atoms with Crippen LogP contribution in [0.2, 0.25) is 0 Å². The van der Waals surface area contributed by atoms with Gasteiger partial charge in [0.2, 0.25) is 0 Å². The molecule has 1 aromatic rings. The summed E-state index contributed by atoms with van der Waals surface area (Å²) >= 11 is 0. The topological polar surface area (TPSA) is 0 Å². The van der Waals surface area contributed by atoms with Gasteiger partial charge in [0.15, 0.2) is 0 Å². The first-order chi connectivity index (χ1) is 5.72. The number of halogens is 1. The Morgan fingerprint density at radius 2 is 1.83 bits per heavy atom. The maximum Gasteiger partial charge on any atom is 0.123 e. The molecular formula is C11H15F. The van der Waals surface area contributed by atoms with Crippen molar-refractivity contribution in [1.29, 1.82) is 0 Å². The van der Waals surface area contributed by atoms with Gasteiger partial charge in [0.1, 0.15) is 5.82 Å². The fourth-order valence-electron chi connectivity index (χ4n) is 1.17. The monoisotopic (exact) mass is 166 g/mol. The Morgan fingerprint density at radius 1 is 1.25 bits per heavy atom. The maximum absolute atomic E-state index is 12.5. The average Bonchev–Trinajstić information content (AvgIpc) is 2.09. The maximum atomic E-state index is 12.5. The molecule has 0 spiro atoms. The zero-order valence-corrected chi connectivity index (χ0v) is 7.68. The first kappa shape index (κ1) is 9.24. The van der Waals surface area contributed by atoms with Crippen molar-refractivity contribution in [3.63, 3.8) is 0 Å². The highest BCUT2D eigenvalue weighted by Crippen LogP contribution is 2.11. The lowest BCUT2D eigenvalue weighted by Gasteiger charge is -2.07. The van der Waals surface area contributed by atoms with Crippen molar-refractivity contribution in [1.82, 2.24) is 0 Å². The second kappa shape index (κ2) is 4.24. The van der Waals surface area contributed by atoms with Crippen LogP contribution in [0.1, 0.15) is 25.8 Å². The summed E-state index contributed by atoms with van der Waals surface area (Å²) in [6, 6.07) is 6.78. The van der Waals surface area contributed by atoms with E-state index in [1.54, 1.807) is 0 Å². The third-order valence-corrected chi connectivity index (χ3v) is 2.19. The zero-order chi connectivity index (χ0) is 8.97. The summed E-state index contributed by atoms with van der Waals surface area (Å²) in [5.74, 6) is 0.540. The minimum atomic E-state index is -0.150. The molecule has 0 saturated carbocycles. The molecule has 1 aromatic carbocycles. The Bertz CT molecular complexity index is 225. The molecule has 0 nitrogen and oxygen atoms in total. The van der Waals surface area contributed by atoms with Crippen LogP contribution in [-0.4, -0.2) is 0 Å². The largest absolute Gasteiger partial charge is 0.207 e. The molecular weight excluding hydrogens is 151 g/mol. The third-order valence-electron chi connectivity index (χ3n) is 2.19. The highest BCUT2D eigenvalue weighted by Gasteiger charge is 2.00. The number of hydrogen-bond acceptors (Lipinski definition) is 0. The molecule has 0 N–H and O–H groups in total. The fourth-order valence-corrected chi connectivity index (χ4v) is 1.17. The van der Waals surface area contributed by atoms with Crippen molar-refractivity contribution in [2.24, 2.45) is 5.92 Å². The van der Waals surface area contributed by atoms with Gasteiger partial charge >= 0.3 is 0 Å². The summed E-state index contributed by atoms with van der Waals surface area (Å²) in [4.78, 5) is 0. The molecule has 12 heavy (non-hydrogen) atoms. The van der Waals surface area contributed by atoms with Crippen molar-refractivity contribution in [2.45, 2.75) is 26.7 Å². The number of benzene rings is 1. The predicted molar refractivity (Wildman–Crippen MR) is 49.6 cm³/mol. The van der Waals surface area contributed by atoms with Gasteiger partial charge in [0, 0.05) is 0 Å². The van der Waals surface area contributed by atoms with Crippen molar-refractivity contribution in [3.05, 3.63) is 35.6 Å². The molecule has 1 atom stereocenters. The predicted octanol–water partition coefficient (Wildman–Crippen LogP) is 3.41. The van der Waals surface area contributed by atoms with E-state index in [1.165, 1.54) is 24.1 Å². The fraction of sp³-hybridized carbons (Fsp3) is 0.455. The second-order valence-electron chi connectivity index (χ2n) is 3.34. The molecule has 0 saturated heterocycles. The molecule has 0 fully saturated rings. The van der Waals surface area contributed by atoms with Crippen LogP contribution >= 0.6 is 0 Å². The van der Waals surface area contributed by atoms with E-state index in [4.69, 9.17) is 0 Å². The lowest BCUT2D eigenvalue weighted by Crippen LogP contribution is -1.97. The van der Waals surface area contributed by atoms with Gasteiger partial charge in [-0.15, -0.1) is 0 Å². The van der Waals surface area contributed by atoms with Crippen LogP contribution < -0.4 is 0 Å². The average molecular weight is 166 g/mol. The molecule has 0 aliphatic rings. The summed E-state index contributed by atoms with van der Waals surface area (Å²) in [5, 5.41) is 0. The summed E-state index contributed by atoms with van der Waals surface area (Å²) in [6.45, 7) is 4.39. The SMILES string of the molecule is CCC(C)Cc1ccc(F)cc1.